The number of hydrogen-bond acceptors (Lipinski definition) is 3. The molecule has 0 bridgehead atoms. The molecule has 1 amide bonds. The molecule has 0 fully saturated rings. The van der Waals surface area contributed by atoms with Crippen molar-refractivity contribution in [1.29, 1.82) is 10.5 Å². The van der Waals surface area contributed by atoms with Gasteiger partial charge >= 0.3 is 0 Å². The first-order chi connectivity index (χ1) is 5.27. The first kappa shape index (κ1) is 7.30. The SMILES string of the molecule is N#CC1=CNC(=O)C(C#N)C1. The fourth-order valence-electron chi connectivity index (χ4n) is 0.813. The lowest BCUT2D eigenvalue weighted by Gasteiger charge is -2.11. The van der Waals surface area contributed by atoms with Crippen molar-refractivity contribution in [3.05, 3.63) is 11.8 Å². The number of nitriles is 2. The molecule has 0 aliphatic carbocycles. The zero-order valence-corrected chi connectivity index (χ0v) is 5.66. The van der Waals surface area contributed by atoms with Crippen LogP contribution in [0.2, 0.25) is 0 Å². The van der Waals surface area contributed by atoms with Gasteiger partial charge in [0, 0.05) is 18.2 Å². The van der Waals surface area contributed by atoms with Crippen molar-refractivity contribution >= 4 is 5.91 Å². The molecule has 11 heavy (non-hydrogen) atoms. The minimum Gasteiger partial charge on any atom is -0.331 e. The van der Waals surface area contributed by atoms with Gasteiger partial charge in [0.15, 0.2) is 0 Å². The van der Waals surface area contributed by atoms with Crippen LogP contribution in [-0.4, -0.2) is 5.91 Å². The van der Waals surface area contributed by atoms with Gasteiger partial charge in [0.2, 0.25) is 5.91 Å². The lowest BCUT2D eigenvalue weighted by Crippen LogP contribution is -2.30. The summed E-state index contributed by atoms with van der Waals surface area (Å²) in [5.41, 5.74) is 0.441. The van der Waals surface area contributed by atoms with Gasteiger partial charge in [0.25, 0.3) is 0 Å². The molecule has 1 rings (SSSR count). The molecule has 0 saturated carbocycles. The average Bonchev–Trinajstić information content (AvgIpc) is 2.05. The molecule has 0 aromatic carbocycles. The summed E-state index contributed by atoms with van der Waals surface area (Å²) >= 11 is 0. The van der Waals surface area contributed by atoms with Crippen molar-refractivity contribution in [2.24, 2.45) is 5.92 Å². The smallest absolute Gasteiger partial charge is 0.241 e. The lowest BCUT2D eigenvalue weighted by molar-refractivity contribution is -0.122. The summed E-state index contributed by atoms with van der Waals surface area (Å²) < 4.78 is 0. The summed E-state index contributed by atoms with van der Waals surface area (Å²) in [4.78, 5) is 10.8. The first-order valence-corrected chi connectivity index (χ1v) is 3.07. The maximum Gasteiger partial charge on any atom is 0.241 e. The molecule has 1 aliphatic heterocycles. The zero-order chi connectivity index (χ0) is 8.27. The summed E-state index contributed by atoms with van der Waals surface area (Å²) in [5, 5.41) is 19.2. The molecule has 0 aromatic heterocycles. The maximum absolute atomic E-state index is 10.8. The second-order valence-corrected chi connectivity index (χ2v) is 2.18. The van der Waals surface area contributed by atoms with Crippen molar-refractivity contribution in [3.63, 3.8) is 0 Å². The normalized spacial score (nSPS) is 22.5. The van der Waals surface area contributed by atoms with Crippen LogP contribution in [0.1, 0.15) is 6.42 Å². The van der Waals surface area contributed by atoms with Gasteiger partial charge in [-0.25, -0.2) is 0 Å². The molecular formula is C7H5N3O. The van der Waals surface area contributed by atoms with E-state index in [2.05, 4.69) is 5.32 Å². The van der Waals surface area contributed by atoms with E-state index < -0.39 is 5.92 Å². The van der Waals surface area contributed by atoms with Gasteiger partial charge < -0.3 is 5.32 Å². The fourth-order valence-corrected chi connectivity index (χ4v) is 0.813. The highest BCUT2D eigenvalue weighted by molar-refractivity contribution is 5.83. The number of rotatable bonds is 0. The van der Waals surface area contributed by atoms with Crippen LogP contribution >= 0.6 is 0 Å². The Labute approximate surface area is 63.7 Å². The van der Waals surface area contributed by atoms with E-state index in [1.807, 2.05) is 12.1 Å². The van der Waals surface area contributed by atoms with Crippen LogP contribution in [0.25, 0.3) is 0 Å². The molecule has 0 saturated heterocycles. The lowest BCUT2D eigenvalue weighted by atomic mass is 9.99. The summed E-state index contributed by atoms with van der Waals surface area (Å²) in [7, 11) is 0. The van der Waals surface area contributed by atoms with Crippen LogP contribution in [0.4, 0.5) is 0 Å². The standard InChI is InChI=1S/C7H5N3O/c8-2-5-1-6(3-9)7(11)10-4-5/h4,6H,1H2,(H,10,11). The second-order valence-electron chi connectivity index (χ2n) is 2.18. The van der Waals surface area contributed by atoms with Crippen LogP contribution in [0.5, 0.6) is 0 Å². The summed E-state index contributed by atoms with van der Waals surface area (Å²) in [6.07, 6.45) is 1.58. The number of carbonyl (C=O) groups excluding carboxylic acids is 1. The molecule has 4 heteroatoms. The highest BCUT2D eigenvalue weighted by Crippen LogP contribution is 2.13. The Morgan fingerprint density at radius 1 is 1.64 bits per heavy atom. The second kappa shape index (κ2) is 2.85. The van der Waals surface area contributed by atoms with Gasteiger partial charge in [-0.1, -0.05) is 0 Å². The average molecular weight is 147 g/mol. The highest BCUT2D eigenvalue weighted by atomic mass is 16.1. The van der Waals surface area contributed by atoms with Crippen LogP contribution in [0, 0.1) is 28.6 Å². The third-order valence-electron chi connectivity index (χ3n) is 1.43. The first-order valence-electron chi connectivity index (χ1n) is 3.07. The summed E-state index contributed by atoms with van der Waals surface area (Å²) in [6, 6.07) is 3.70. The highest BCUT2D eigenvalue weighted by Gasteiger charge is 2.22. The van der Waals surface area contributed by atoms with Gasteiger partial charge in [-0.15, -0.1) is 0 Å². The van der Waals surface area contributed by atoms with Crippen LogP contribution in [-0.2, 0) is 4.79 Å². The Bertz CT molecular complexity index is 292. The van der Waals surface area contributed by atoms with E-state index >= 15 is 0 Å². The molecule has 1 heterocycles. The minimum absolute atomic E-state index is 0.235. The Balaban J connectivity index is 2.80. The molecule has 1 unspecified atom stereocenters. The van der Waals surface area contributed by atoms with Gasteiger partial charge in [-0.05, 0) is 0 Å². The van der Waals surface area contributed by atoms with Crippen molar-refractivity contribution < 1.29 is 4.79 Å². The largest absolute Gasteiger partial charge is 0.331 e. The van der Waals surface area contributed by atoms with Crippen molar-refractivity contribution in [1.82, 2.24) is 5.32 Å². The van der Waals surface area contributed by atoms with E-state index in [0.717, 1.165) is 0 Å². The minimum atomic E-state index is -0.699. The van der Waals surface area contributed by atoms with E-state index in [1.165, 1.54) is 6.20 Å². The number of allylic oxidation sites excluding steroid dienone is 1. The Morgan fingerprint density at radius 3 is 2.91 bits per heavy atom. The molecule has 54 valence electrons. The zero-order valence-electron chi connectivity index (χ0n) is 5.66. The molecule has 4 nitrogen and oxygen atoms in total. The predicted octanol–water partition coefficient (Wildman–Crippen LogP) is 0.0536. The van der Waals surface area contributed by atoms with E-state index in [1.54, 1.807) is 0 Å². The van der Waals surface area contributed by atoms with Gasteiger partial charge in [-0.3, -0.25) is 4.79 Å². The molecule has 0 aromatic rings. The predicted molar refractivity (Wildman–Crippen MR) is 35.6 cm³/mol. The van der Waals surface area contributed by atoms with Gasteiger partial charge in [0.1, 0.15) is 5.92 Å². The number of nitrogens with one attached hydrogen (secondary N) is 1. The van der Waals surface area contributed by atoms with Gasteiger partial charge in [0.05, 0.1) is 12.1 Å². The van der Waals surface area contributed by atoms with E-state index in [0.29, 0.717) is 5.57 Å². The quantitative estimate of drug-likeness (QED) is 0.526. The Kier molecular flexibility index (Phi) is 1.89. The van der Waals surface area contributed by atoms with Crippen LogP contribution < -0.4 is 5.32 Å². The molecule has 1 aliphatic rings. The van der Waals surface area contributed by atoms with Crippen molar-refractivity contribution in [2.45, 2.75) is 6.42 Å². The Hall–Kier alpha value is -1.81. The summed E-state index contributed by atoms with van der Waals surface area (Å²) in [5.74, 6) is -1.03. The number of carbonyl (C=O) groups is 1. The topological polar surface area (TPSA) is 76.7 Å². The molecule has 0 spiro atoms. The van der Waals surface area contributed by atoms with Crippen molar-refractivity contribution in [3.8, 4) is 12.1 Å². The maximum atomic E-state index is 10.8. The number of amides is 1. The molecular weight excluding hydrogens is 142 g/mol. The van der Waals surface area contributed by atoms with E-state index in [4.69, 9.17) is 10.5 Å². The van der Waals surface area contributed by atoms with Crippen LogP contribution in [0.3, 0.4) is 0 Å². The van der Waals surface area contributed by atoms with E-state index in [-0.39, 0.29) is 12.3 Å². The fraction of sp³-hybridized carbons (Fsp3) is 0.286. The molecule has 1 atom stereocenters. The number of nitrogens with zero attached hydrogens (tertiary/aromatic N) is 2. The van der Waals surface area contributed by atoms with Crippen LogP contribution in [0.15, 0.2) is 11.8 Å². The third kappa shape index (κ3) is 1.36. The Morgan fingerprint density at radius 2 is 2.36 bits per heavy atom. The van der Waals surface area contributed by atoms with Crippen molar-refractivity contribution in [2.75, 3.05) is 0 Å². The third-order valence-corrected chi connectivity index (χ3v) is 1.43. The van der Waals surface area contributed by atoms with E-state index in [9.17, 15) is 4.79 Å². The molecule has 1 N–H and O–H groups in total. The summed E-state index contributed by atoms with van der Waals surface area (Å²) in [6.45, 7) is 0. The number of hydrogen-bond donors (Lipinski definition) is 1. The van der Waals surface area contributed by atoms with Gasteiger partial charge in [-0.2, -0.15) is 10.5 Å². The monoisotopic (exact) mass is 147 g/mol. The molecule has 0 radical (unpaired) electrons.